The first-order chi connectivity index (χ1) is 9.85. The molecule has 0 radical (unpaired) electrons. The van der Waals surface area contributed by atoms with E-state index >= 15 is 0 Å². The summed E-state index contributed by atoms with van der Waals surface area (Å²) in [6, 6.07) is 4.11. The maximum absolute atomic E-state index is 12.0. The van der Waals surface area contributed by atoms with Gasteiger partial charge in [0.25, 0.3) is 5.91 Å². The number of anilines is 1. The summed E-state index contributed by atoms with van der Waals surface area (Å²) in [6.45, 7) is 5.21. The van der Waals surface area contributed by atoms with Crippen molar-refractivity contribution in [3.8, 4) is 0 Å². The highest BCUT2D eigenvalue weighted by atomic mass is 16.5. The Labute approximate surface area is 122 Å². The fraction of sp³-hybridized carbons (Fsp3) is 0.357. The third-order valence-electron chi connectivity index (χ3n) is 2.70. The molecule has 3 amide bonds. The fourth-order valence-corrected chi connectivity index (χ4v) is 1.61. The molecular formula is C14H19N3O4. The predicted octanol–water partition coefficient (Wildman–Crippen LogP) is 0.968. The molecule has 0 aliphatic rings. The van der Waals surface area contributed by atoms with Crippen molar-refractivity contribution < 1.29 is 19.1 Å². The van der Waals surface area contributed by atoms with Gasteiger partial charge in [-0.2, -0.15) is 0 Å². The van der Waals surface area contributed by atoms with Crippen molar-refractivity contribution in [1.29, 1.82) is 0 Å². The number of imide groups is 1. The second-order valence-corrected chi connectivity index (χ2v) is 4.47. The van der Waals surface area contributed by atoms with E-state index in [0.29, 0.717) is 23.4 Å². The zero-order valence-corrected chi connectivity index (χ0v) is 12.2. The van der Waals surface area contributed by atoms with Gasteiger partial charge in [-0.3, -0.25) is 10.1 Å². The highest BCUT2D eigenvalue weighted by Crippen LogP contribution is 2.14. The molecule has 1 aromatic carbocycles. The summed E-state index contributed by atoms with van der Waals surface area (Å²) in [4.78, 5) is 34.8. The Bertz CT molecular complexity index is 557. The quantitative estimate of drug-likeness (QED) is 0.566. The van der Waals surface area contributed by atoms with Crippen molar-refractivity contribution in [3.63, 3.8) is 0 Å². The van der Waals surface area contributed by atoms with Crippen molar-refractivity contribution in [2.45, 2.75) is 26.9 Å². The number of carbonyl (C=O) groups is 3. The first-order valence-corrected chi connectivity index (χ1v) is 6.51. The zero-order valence-electron chi connectivity index (χ0n) is 12.2. The van der Waals surface area contributed by atoms with Crippen LogP contribution in [0, 0.1) is 6.92 Å². The molecule has 0 aromatic heterocycles. The Kier molecular flexibility index (Phi) is 5.71. The Balaban J connectivity index is 2.65. The van der Waals surface area contributed by atoms with E-state index in [4.69, 9.17) is 10.5 Å². The minimum atomic E-state index is -1.09. The number of nitrogen functional groups attached to an aromatic ring is 1. The minimum Gasteiger partial charge on any atom is -0.449 e. The third kappa shape index (κ3) is 4.79. The molecular weight excluding hydrogens is 274 g/mol. The van der Waals surface area contributed by atoms with Crippen LogP contribution in [-0.4, -0.2) is 30.6 Å². The number of esters is 1. The van der Waals surface area contributed by atoms with Crippen molar-refractivity contribution in [1.82, 2.24) is 10.6 Å². The van der Waals surface area contributed by atoms with E-state index in [-0.39, 0.29) is 0 Å². The molecule has 0 saturated heterocycles. The van der Waals surface area contributed by atoms with Gasteiger partial charge >= 0.3 is 12.0 Å². The van der Waals surface area contributed by atoms with E-state index in [1.807, 2.05) is 0 Å². The van der Waals surface area contributed by atoms with Gasteiger partial charge in [-0.25, -0.2) is 9.59 Å². The summed E-state index contributed by atoms with van der Waals surface area (Å²) in [7, 11) is 0. The largest absolute Gasteiger partial charge is 0.449 e. The van der Waals surface area contributed by atoms with Gasteiger partial charge in [0.05, 0.1) is 5.56 Å². The molecule has 0 bridgehead atoms. The monoisotopic (exact) mass is 293 g/mol. The molecule has 0 aliphatic carbocycles. The number of rotatable bonds is 4. The Hall–Kier alpha value is -2.57. The lowest BCUT2D eigenvalue weighted by Crippen LogP contribution is -2.44. The van der Waals surface area contributed by atoms with Gasteiger partial charge in [0.1, 0.15) is 0 Å². The van der Waals surface area contributed by atoms with Crippen LogP contribution < -0.4 is 16.4 Å². The van der Waals surface area contributed by atoms with E-state index in [9.17, 15) is 14.4 Å². The summed E-state index contributed by atoms with van der Waals surface area (Å²) in [5, 5.41) is 4.48. The van der Waals surface area contributed by atoms with Gasteiger partial charge in [0.2, 0.25) is 0 Å². The van der Waals surface area contributed by atoms with Crippen LogP contribution in [-0.2, 0) is 9.53 Å². The van der Waals surface area contributed by atoms with Crippen LogP contribution in [0.3, 0.4) is 0 Å². The van der Waals surface area contributed by atoms with Crippen molar-refractivity contribution in [2.24, 2.45) is 0 Å². The summed E-state index contributed by atoms with van der Waals surface area (Å²) in [5.41, 5.74) is 7.10. The average molecular weight is 293 g/mol. The molecule has 114 valence electrons. The number of urea groups is 1. The van der Waals surface area contributed by atoms with Crippen LogP contribution in [0.25, 0.3) is 0 Å². The molecule has 1 rings (SSSR count). The Morgan fingerprint density at radius 1 is 1.33 bits per heavy atom. The first-order valence-electron chi connectivity index (χ1n) is 6.51. The van der Waals surface area contributed by atoms with Gasteiger partial charge in [0, 0.05) is 12.2 Å². The van der Waals surface area contributed by atoms with E-state index in [0.717, 1.165) is 0 Å². The number of nitrogens with one attached hydrogen (secondary N) is 2. The molecule has 0 fully saturated rings. The van der Waals surface area contributed by atoms with E-state index < -0.39 is 24.0 Å². The zero-order chi connectivity index (χ0) is 16.0. The number of hydrogen-bond donors (Lipinski definition) is 3. The molecule has 1 unspecified atom stereocenters. The van der Waals surface area contributed by atoms with Gasteiger partial charge < -0.3 is 15.8 Å². The highest BCUT2D eigenvalue weighted by Gasteiger charge is 2.21. The van der Waals surface area contributed by atoms with Gasteiger partial charge in [-0.1, -0.05) is 0 Å². The lowest BCUT2D eigenvalue weighted by atomic mass is 10.1. The van der Waals surface area contributed by atoms with Gasteiger partial charge in [0.15, 0.2) is 6.10 Å². The third-order valence-corrected chi connectivity index (χ3v) is 2.70. The minimum absolute atomic E-state index is 0.321. The SMILES string of the molecule is CCNC(=O)NC(=O)C(C)OC(=O)c1ccc(N)cc1C. The predicted molar refractivity (Wildman–Crippen MR) is 77.7 cm³/mol. The lowest BCUT2D eigenvalue weighted by Gasteiger charge is -2.14. The van der Waals surface area contributed by atoms with Crippen LogP contribution in [0.2, 0.25) is 0 Å². The number of aryl methyl sites for hydroxylation is 1. The molecule has 7 heteroatoms. The van der Waals surface area contributed by atoms with Gasteiger partial charge in [-0.15, -0.1) is 0 Å². The summed E-state index contributed by atoms with van der Waals surface area (Å²) in [6.07, 6.45) is -1.09. The van der Waals surface area contributed by atoms with Crippen molar-refractivity contribution in [3.05, 3.63) is 29.3 Å². The van der Waals surface area contributed by atoms with Crippen LogP contribution in [0.4, 0.5) is 10.5 Å². The summed E-state index contributed by atoms with van der Waals surface area (Å²) < 4.78 is 5.03. The van der Waals surface area contributed by atoms with Crippen LogP contribution >= 0.6 is 0 Å². The molecule has 4 N–H and O–H groups in total. The number of benzene rings is 1. The molecule has 21 heavy (non-hydrogen) atoms. The molecule has 0 aliphatic heterocycles. The lowest BCUT2D eigenvalue weighted by molar-refractivity contribution is -0.127. The number of amides is 3. The normalized spacial score (nSPS) is 11.4. The van der Waals surface area contributed by atoms with E-state index in [1.165, 1.54) is 13.0 Å². The van der Waals surface area contributed by atoms with Crippen LogP contribution in [0.15, 0.2) is 18.2 Å². The standard InChI is InChI=1S/C14H19N3O4/c1-4-16-14(20)17-12(18)9(3)21-13(19)11-6-5-10(15)7-8(11)2/h5-7,9H,4,15H2,1-3H3,(H2,16,17,18,20). The van der Waals surface area contributed by atoms with E-state index in [2.05, 4.69) is 10.6 Å². The van der Waals surface area contributed by atoms with Crippen molar-refractivity contribution in [2.75, 3.05) is 12.3 Å². The fourth-order valence-electron chi connectivity index (χ4n) is 1.61. The maximum Gasteiger partial charge on any atom is 0.339 e. The van der Waals surface area contributed by atoms with Crippen LogP contribution in [0.5, 0.6) is 0 Å². The highest BCUT2D eigenvalue weighted by molar-refractivity contribution is 5.98. The van der Waals surface area contributed by atoms with Crippen LogP contribution in [0.1, 0.15) is 29.8 Å². The molecule has 1 aromatic rings. The topological polar surface area (TPSA) is 111 Å². The maximum atomic E-state index is 12.0. The number of carbonyl (C=O) groups excluding carboxylic acids is 3. The number of ether oxygens (including phenoxy) is 1. The average Bonchev–Trinajstić information content (AvgIpc) is 2.38. The van der Waals surface area contributed by atoms with Crippen molar-refractivity contribution >= 4 is 23.6 Å². The number of nitrogens with two attached hydrogens (primary N) is 1. The second-order valence-electron chi connectivity index (χ2n) is 4.47. The molecule has 0 saturated carbocycles. The Morgan fingerprint density at radius 2 is 2.00 bits per heavy atom. The van der Waals surface area contributed by atoms with E-state index in [1.54, 1.807) is 26.0 Å². The molecule has 0 heterocycles. The van der Waals surface area contributed by atoms with Gasteiger partial charge in [-0.05, 0) is 44.5 Å². The summed E-state index contributed by atoms with van der Waals surface area (Å²) >= 11 is 0. The molecule has 0 spiro atoms. The summed E-state index contributed by atoms with van der Waals surface area (Å²) in [5.74, 6) is -1.34. The smallest absolute Gasteiger partial charge is 0.339 e. The number of hydrogen-bond acceptors (Lipinski definition) is 5. The Morgan fingerprint density at radius 3 is 2.57 bits per heavy atom. The second kappa shape index (κ2) is 7.28. The first kappa shape index (κ1) is 16.5. The molecule has 1 atom stereocenters. The molecule has 7 nitrogen and oxygen atoms in total.